The maximum Gasteiger partial charge on any atom is 0.334 e. The molecule has 140 valence electrons. The number of benzene rings is 2. The fourth-order valence-corrected chi connectivity index (χ4v) is 3.97. The van der Waals surface area contributed by atoms with Gasteiger partial charge in [0.2, 0.25) is 6.04 Å². The van der Waals surface area contributed by atoms with Crippen LogP contribution in [0.25, 0.3) is 0 Å². The molecule has 1 aliphatic rings. The van der Waals surface area contributed by atoms with E-state index in [2.05, 4.69) is 15.9 Å². The summed E-state index contributed by atoms with van der Waals surface area (Å²) in [5.74, 6) is -1.45. The van der Waals surface area contributed by atoms with Crippen molar-refractivity contribution < 1.29 is 14.5 Å². The van der Waals surface area contributed by atoms with Gasteiger partial charge in [-0.2, -0.15) is 0 Å². The van der Waals surface area contributed by atoms with Crippen LogP contribution in [0.15, 0.2) is 70.7 Å². The van der Waals surface area contributed by atoms with E-state index in [9.17, 15) is 14.9 Å². The van der Waals surface area contributed by atoms with E-state index in [4.69, 9.17) is 4.74 Å². The first-order chi connectivity index (χ1) is 13.0. The Labute approximate surface area is 166 Å². The highest BCUT2D eigenvalue weighted by molar-refractivity contribution is 9.10. The fraction of sp³-hybridized carbons (Fsp3) is 0.286. The highest BCUT2D eigenvalue weighted by Crippen LogP contribution is 2.43. The van der Waals surface area contributed by atoms with E-state index in [0.29, 0.717) is 12.0 Å². The largest absolute Gasteiger partial charge is 0.463 e. The topological polar surface area (TPSA) is 69.4 Å². The molecule has 0 aliphatic heterocycles. The van der Waals surface area contributed by atoms with Gasteiger partial charge in [0, 0.05) is 15.0 Å². The molecule has 0 bridgehead atoms. The summed E-state index contributed by atoms with van der Waals surface area (Å²) < 4.78 is 6.10. The maximum absolute atomic E-state index is 12.5. The number of nitrogens with zero attached hydrogens (tertiary/aromatic N) is 1. The summed E-state index contributed by atoms with van der Waals surface area (Å²) in [5, 5.41) is 12.1. The Morgan fingerprint density at radius 1 is 1.15 bits per heavy atom. The van der Waals surface area contributed by atoms with Crippen molar-refractivity contribution >= 4 is 21.9 Å². The molecule has 5 nitrogen and oxygen atoms in total. The molecular weight excluding hydrogens is 410 g/mol. The maximum atomic E-state index is 12.5. The first-order valence-electron chi connectivity index (χ1n) is 8.84. The predicted molar refractivity (Wildman–Crippen MR) is 106 cm³/mol. The predicted octanol–water partition coefficient (Wildman–Crippen LogP) is 4.86. The Hall–Kier alpha value is -2.47. The minimum Gasteiger partial charge on any atom is -0.463 e. The normalized spacial score (nSPS) is 22.0. The Morgan fingerprint density at radius 2 is 1.81 bits per heavy atom. The molecule has 0 radical (unpaired) electrons. The number of carbonyl (C=O) groups is 1. The quantitative estimate of drug-likeness (QED) is 0.386. The lowest BCUT2D eigenvalue weighted by molar-refractivity contribution is -0.530. The lowest BCUT2D eigenvalue weighted by atomic mass is 9.71. The second kappa shape index (κ2) is 8.48. The van der Waals surface area contributed by atoms with Crippen LogP contribution in [0.1, 0.15) is 36.3 Å². The van der Waals surface area contributed by atoms with Gasteiger partial charge in [-0.25, -0.2) is 4.79 Å². The van der Waals surface area contributed by atoms with E-state index in [1.165, 1.54) is 0 Å². The summed E-state index contributed by atoms with van der Waals surface area (Å²) in [6.07, 6.45) is 2.23. The zero-order valence-electron chi connectivity index (χ0n) is 14.9. The minimum atomic E-state index is -0.946. The van der Waals surface area contributed by atoms with Crippen molar-refractivity contribution in [2.24, 2.45) is 0 Å². The first kappa shape index (κ1) is 19.3. The van der Waals surface area contributed by atoms with Gasteiger partial charge >= 0.3 is 5.97 Å². The molecule has 1 aliphatic carbocycles. The number of hydrogen-bond donors (Lipinski definition) is 0. The minimum absolute atomic E-state index is 0.233. The molecule has 2 aromatic carbocycles. The summed E-state index contributed by atoms with van der Waals surface area (Å²) in [6, 6.07) is 15.8. The molecule has 0 N–H and O–H groups in total. The Morgan fingerprint density at radius 3 is 2.41 bits per heavy atom. The Balaban J connectivity index is 2.10. The average Bonchev–Trinajstić information content (AvgIpc) is 2.68. The molecule has 2 aromatic rings. The van der Waals surface area contributed by atoms with Crippen molar-refractivity contribution in [3.8, 4) is 0 Å². The molecule has 0 saturated carbocycles. The van der Waals surface area contributed by atoms with E-state index in [0.717, 1.165) is 15.6 Å². The molecule has 0 unspecified atom stereocenters. The summed E-state index contributed by atoms with van der Waals surface area (Å²) >= 11 is 3.40. The van der Waals surface area contributed by atoms with Crippen LogP contribution in [-0.4, -0.2) is 23.5 Å². The van der Waals surface area contributed by atoms with Crippen molar-refractivity contribution in [1.82, 2.24) is 0 Å². The van der Waals surface area contributed by atoms with Gasteiger partial charge in [0.15, 0.2) is 0 Å². The number of allylic oxidation sites excluding steroid dienone is 1. The van der Waals surface area contributed by atoms with Crippen LogP contribution in [0.3, 0.4) is 0 Å². The third-order valence-corrected chi connectivity index (χ3v) is 5.42. The second-order valence-corrected chi connectivity index (χ2v) is 7.35. The van der Waals surface area contributed by atoms with Gasteiger partial charge in [0.1, 0.15) is 0 Å². The van der Waals surface area contributed by atoms with Gasteiger partial charge in [-0.15, -0.1) is 0 Å². The number of halogens is 1. The molecule has 0 fully saturated rings. The Kier molecular flexibility index (Phi) is 6.06. The van der Waals surface area contributed by atoms with Crippen LogP contribution >= 0.6 is 15.9 Å². The molecule has 0 spiro atoms. The van der Waals surface area contributed by atoms with Crippen LogP contribution in [0, 0.1) is 10.1 Å². The molecule has 0 saturated heterocycles. The van der Waals surface area contributed by atoms with E-state index in [1.54, 1.807) is 6.92 Å². The molecule has 3 atom stereocenters. The van der Waals surface area contributed by atoms with Gasteiger partial charge in [-0.05, 0) is 36.6 Å². The number of ether oxygens (including phenoxy) is 1. The molecule has 3 rings (SSSR count). The van der Waals surface area contributed by atoms with Crippen LogP contribution in [0.2, 0.25) is 0 Å². The monoisotopic (exact) mass is 429 g/mol. The zero-order chi connectivity index (χ0) is 19.4. The molecule has 0 amide bonds. The average molecular weight is 430 g/mol. The van der Waals surface area contributed by atoms with Crippen molar-refractivity contribution in [2.45, 2.75) is 31.2 Å². The number of hydrogen-bond acceptors (Lipinski definition) is 4. The third kappa shape index (κ3) is 4.11. The Bertz CT molecular complexity index is 848. The van der Waals surface area contributed by atoms with Crippen molar-refractivity contribution in [1.29, 1.82) is 0 Å². The number of rotatable bonds is 5. The van der Waals surface area contributed by atoms with Gasteiger partial charge in [-0.3, -0.25) is 10.1 Å². The van der Waals surface area contributed by atoms with Gasteiger partial charge < -0.3 is 4.74 Å². The van der Waals surface area contributed by atoms with Gasteiger partial charge in [0.25, 0.3) is 0 Å². The first-order valence-corrected chi connectivity index (χ1v) is 9.63. The van der Waals surface area contributed by atoms with E-state index >= 15 is 0 Å². The number of carbonyl (C=O) groups excluding carboxylic acids is 1. The lowest BCUT2D eigenvalue weighted by Crippen LogP contribution is -2.39. The van der Waals surface area contributed by atoms with Crippen molar-refractivity contribution in [3.63, 3.8) is 0 Å². The molecule has 27 heavy (non-hydrogen) atoms. The molecule has 0 aromatic heterocycles. The van der Waals surface area contributed by atoms with E-state index < -0.39 is 17.9 Å². The fourth-order valence-electron chi connectivity index (χ4n) is 3.71. The second-order valence-electron chi connectivity index (χ2n) is 6.44. The summed E-state index contributed by atoms with van der Waals surface area (Å²) in [6.45, 7) is 1.96. The van der Waals surface area contributed by atoms with E-state index in [1.807, 2.05) is 60.7 Å². The van der Waals surface area contributed by atoms with E-state index in [-0.39, 0.29) is 17.4 Å². The molecular formula is C21H20BrNO4. The van der Waals surface area contributed by atoms with Gasteiger partial charge in [0.05, 0.1) is 18.4 Å². The number of esters is 1. The third-order valence-electron chi connectivity index (χ3n) is 4.89. The molecule has 0 heterocycles. The lowest BCUT2D eigenvalue weighted by Gasteiger charge is -2.32. The smallest absolute Gasteiger partial charge is 0.334 e. The molecule has 6 heteroatoms. The van der Waals surface area contributed by atoms with Gasteiger partial charge in [-0.1, -0.05) is 64.5 Å². The van der Waals surface area contributed by atoms with Crippen LogP contribution < -0.4 is 0 Å². The summed E-state index contributed by atoms with van der Waals surface area (Å²) in [5.41, 5.74) is 2.01. The van der Waals surface area contributed by atoms with Crippen molar-refractivity contribution in [2.75, 3.05) is 6.61 Å². The summed E-state index contributed by atoms with van der Waals surface area (Å²) in [4.78, 5) is 24.4. The van der Waals surface area contributed by atoms with Crippen LogP contribution in [0.5, 0.6) is 0 Å². The number of nitro groups is 1. The standard InChI is InChI=1S/C21H20BrNO4/c1-2-27-21(24)18-13-12-17(14-8-10-16(22)11-9-14)20(23(25)26)19(18)15-6-4-3-5-7-15/h3-11,13,17,19-20H,2,12H2,1H3/t17-,19+,20+/m0/s1. The highest BCUT2D eigenvalue weighted by atomic mass is 79.9. The zero-order valence-corrected chi connectivity index (χ0v) is 16.5. The summed E-state index contributed by atoms with van der Waals surface area (Å²) in [7, 11) is 0. The van der Waals surface area contributed by atoms with Crippen LogP contribution in [0.4, 0.5) is 0 Å². The highest BCUT2D eigenvalue weighted by Gasteiger charge is 2.47. The van der Waals surface area contributed by atoms with Crippen molar-refractivity contribution in [3.05, 3.63) is 92.0 Å². The SMILES string of the molecule is CCOC(=O)C1=CC[C@@H](c2ccc(Br)cc2)[C@@H]([N+](=O)[O-])[C@@H]1c1ccccc1. The van der Waals surface area contributed by atoms with Crippen LogP contribution in [-0.2, 0) is 9.53 Å².